The Balaban J connectivity index is 3.37. The van der Waals surface area contributed by atoms with Crippen molar-refractivity contribution in [2.45, 2.75) is 13.5 Å². The molecule has 0 atom stereocenters. The number of ketones is 1. The van der Waals surface area contributed by atoms with Gasteiger partial charge in [-0.3, -0.25) is 14.9 Å². The topological polar surface area (TPSA) is 69.4 Å². The number of carbonyl (C=O) groups excluding carboxylic acids is 1. The zero-order valence-electron chi connectivity index (χ0n) is 8.45. The minimum atomic E-state index is -3.13. The van der Waals surface area contributed by atoms with Crippen LogP contribution in [0.15, 0.2) is 16.6 Å². The van der Waals surface area contributed by atoms with E-state index in [4.69, 9.17) is 0 Å². The average molecular weight is 310 g/mol. The quantitative estimate of drug-likeness (QED) is 0.486. The number of nitro benzene ring substituents is 1. The Morgan fingerprint density at radius 3 is 2.53 bits per heavy atom. The number of alkyl halides is 2. The Hall–Kier alpha value is -1.57. The van der Waals surface area contributed by atoms with Gasteiger partial charge in [0.2, 0.25) is 0 Å². The predicted octanol–water partition coefficient (Wildman–Crippen LogP) is 3.16. The van der Waals surface area contributed by atoms with Gasteiger partial charge in [-0.2, -0.15) is 8.78 Å². The highest BCUT2D eigenvalue weighted by Crippen LogP contribution is 2.36. The van der Waals surface area contributed by atoms with Crippen molar-refractivity contribution in [3.63, 3.8) is 0 Å². The Kier molecular flexibility index (Phi) is 4.11. The van der Waals surface area contributed by atoms with E-state index in [9.17, 15) is 23.7 Å². The van der Waals surface area contributed by atoms with E-state index < -0.39 is 28.8 Å². The Bertz CT molecular complexity index is 478. The molecule has 0 saturated carbocycles. The first-order valence-electron chi connectivity index (χ1n) is 4.26. The van der Waals surface area contributed by atoms with E-state index in [1.807, 2.05) is 0 Å². The van der Waals surface area contributed by atoms with Crippen molar-refractivity contribution in [2.75, 3.05) is 0 Å². The zero-order chi connectivity index (χ0) is 13.2. The van der Waals surface area contributed by atoms with Gasteiger partial charge in [0, 0.05) is 11.6 Å². The Morgan fingerprint density at radius 1 is 1.53 bits per heavy atom. The normalized spacial score (nSPS) is 10.4. The second-order valence-corrected chi connectivity index (χ2v) is 3.79. The van der Waals surface area contributed by atoms with Crippen LogP contribution in [0.5, 0.6) is 5.75 Å². The van der Waals surface area contributed by atoms with E-state index >= 15 is 0 Å². The summed E-state index contributed by atoms with van der Waals surface area (Å²) in [6.07, 6.45) is 0. The number of rotatable bonds is 4. The molecule has 0 unspecified atom stereocenters. The largest absolute Gasteiger partial charge is 0.433 e. The maximum absolute atomic E-state index is 12.1. The van der Waals surface area contributed by atoms with Crippen molar-refractivity contribution < 1.29 is 23.2 Å². The van der Waals surface area contributed by atoms with Crippen LogP contribution >= 0.6 is 15.9 Å². The second kappa shape index (κ2) is 5.17. The molecule has 5 nitrogen and oxygen atoms in total. The molecule has 1 rings (SSSR count). The van der Waals surface area contributed by atoms with Crippen LogP contribution in [-0.4, -0.2) is 17.3 Å². The minimum absolute atomic E-state index is 0.0736. The molecular weight excluding hydrogens is 304 g/mol. The molecule has 0 amide bonds. The highest BCUT2D eigenvalue weighted by molar-refractivity contribution is 9.10. The molecule has 0 aromatic heterocycles. The molecule has 0 bridgehead atoms. The van der Waals surface area contributed by atoms with Crippen molar-refractivity contribution in [1.29, 1.82) is 0 Å². The van der Waals surface area contributed by atoms with Gasteiger partial charge in [-0.15, -0.1) is 0 Å². The summed E-state index contributed by atoms with van der Waals surface area (Å²) in [4.78, 5) is 20.9. The number of nitro groups is 1. The summed E-state index contributed by atoms with van der Waals surface area (Å²) >= 11 is 2.78. The van der Waals surface area contributed by atoms with Gasteiger partial charge in [0.25, 0.3) is 5.69 Å². The van der Waals surface area contributed by atoms with Crippen LogP contribution in [0.25, 0.3) is 0 Å². The third-order valence-corrected chi connectivity index (χ3v) is 2.64. The number of halogens is 3. The molecule has 0 heterocycles. The fourth-order valence-corrected chi connectivity index (χ4v) is 1.57. The molecule has 17 heavy (non-hydrogen) atoms. The van der Waals surface area contributed by atoms with E-state index in [0.717, 1.165) is 12.1 Å². The summed E-state index contributed by atoms with van der Waals surface area (Å²) < 4.78 is 28.0. The monoisotopic (exact) mass is 309 g/mol. The molecule has 0 aliphatic rings. The SMILES string of the molecule is CC(=O)c1cc(OC(F)F)c(Br)c([N+](=O)[O-])c1. The van der Waals surface area contributed by atoms with Gasteiger partial charge >= 0.3 is 6.61 Å². The first-order chi connectivity index (χ1) is 7.82. The third kappa shape index (κ3) is 3.19. The van der Waals surface area contributed by atoms with E-state index in [-0.39, 0.29) is 10.0 Å². The van der Waals surface area contributed by atoms with E-state index in [0.29, 0.717) is 0 Å². The van der Waals surface area contributed by atoms with Gasteiger partial charge in [0.1, 0.15) is 10.2 Å². The van der Waals surface area contributed by atoms with Crippen LogP contribution in [0, 0.1) is 10.1 Å². The molecule has 0 fully saturated rings. The highest BCUT2D eigenvalue weighted by Gasteiger charge is 2.21. The summed E-state index contributed by atoms with van der Waals surface area (Å²) in [6.45, 7) is -1.97. The lowest BCUT2D eigenvalue weighted by atomic mass is 10.1. The lowest BCUT2D eigenvalue weighted by Crippen LogP contribution is -2.05. The van der Waals surface area contributed by atoms with Crippen LogP contribution in [0.1, 0.15) is 17.3 Å². The van der Waals surface area contributed by atoms with Crippen molar-refractivity contribution in [3.8, 4) is 5.75 Å². The Labute approximate surface area is 103 Å². The van der Waals surface area contributed by atoms with Crippen LogP contribution in [-0.2, 0) is 0 Å². The molecule has 0 N–H and O–H groups in total. The lowest BCUT2D eigenvalue weighted by Gasteiger charge is -2.08. The van der Waals surface area contributed by atoms with Crippen molar-refractivity contribution >= 4 is 27.4 Å². The summed E-state index contributed by atoms with van der Waals surface area (Å²) in [5.41, 5.74) is -0.580. The number of benzene rings is 1. The number of ether oxygens (including phenoxy) is 1. The van der Waals surface area contributed by atoms with Gasteiger partial charge in [0.15, 0.2) is 5.78 Å². The van der Waals surface area contributed by atoms with E-state index in [2.05, 4.69) is 20.7 Å². The maximum atomic E-state index is 12.1. The fraction of sp³-hybridized carbons (Fsp3) is 0.222. The Morgan fingerprint density at radius 2 is 2.12 bits per heavy atom. The summed E-state index contributed by atoms with van der Waals surface area (Å²) in [5, 5.41) is 10.7. The molecule has 0 radical (unpaired) electrons. The van der Waals surface area contributed by atoms with Crippen LogP contribution in [0.3, 0.4) is 0 Å². The van der Waals surface area contributed by atoms with Gasteiger partial charge < -0.3 is 4.74 Å². The molecule has 0 saturated heterocycles. The van der Waals surface area contributed by atoms with Gasteiger partial charge in [0.05, 0.1) is 4.92 Å². The zero-order valence-corrected chi connectivity index (χ0v) is 10.0. The fourth-order valence-electron chi connectivity index (χ4n) is 1.10. The standard InChI is InChI=1S/C9H6BrF2NO4/c1-4(14)5-2-6(13(15)16)8(10)7(3-5)17-9(11)12/h2-3,9H,1H3. The first-order valence-corrected chi connectivity index (χ1v) is 5.06. The molecule has 8 heteroatoms. The molecule has 0 spiro atoms. The third-order valence-electron chi connectivity index (χ3n) is 1.84. The van der Waals surface area contributed by atoms with Crippen molar-refractivity contribution in [2.24, 2.45) is 0 Å². The first kappa shape index (κ1) is 13.5. The van der Waals surface area contributed by atoms with Crippen LogP contribution in [0.4, 0.5) is 14.5 Å². The predicted molar refractivity (Wildman–Crippen MR) is 57.4 cm³/mol. The number of nitrogens with zero attached hydrogens (tertiary/aromatic N) is 1. The number of carbonyl (C=O) groups is 1. The molecule has 92 valence electrons. The molecular formula is C9H6BrF2NO4. The van der Waals surface area contributed by atoms with Gasteiger partial charge in [-0.25, -0.2) is 0 Å². The number of Topliss-reactive ketones (excluding diaryl/α,β-unsaturated/α-hetero) is 1. The minimum Gasteiger partial charge on any atom is -0.433 e. The number of hydrogen-bond donors (Lipinski definition) is 0. The van der Waals surface area contributed by atoms with E-state index in [1.54, 1.807) is 0 Å². The average Bonchev–Trinajstić information content (AvgIpc) is 2.19. The van der Waals surface area contributed by atoms with Gasteiger partial charge in [-0.1, -0.05) is 0 Å². The molecule has 1 aromatic rings. The van der Waals surface area contributed by atoms with Crippen molar-refractivity contribution in [1.82, 2.24) is 0 Å². The van der Waals surface area contributed by atoms with E-state index in [1.165, 1.54) is 6.92 Å². The molecule has 0 aliphatic carbocycles. The summed E-state index contributed by atoms with van der Waals surface area (Å²) in [6, 6.07) is 2.01. The highest BCUT2D eigenvalue weighted by atomic mass is 79.9. The lowest BCUT2D eigenvalue weighted by molar-refractivity contribution is -0.385. The van der Waals surface area contributed by atoms with Crippen molar-refractivity contribution in [3.05, 3.63) is 32.3 Å². The van der Waals surface area contributed by atoms with Crippen LogP contribution in [0.2, 0.25) is 0 Å². The summed E-state index contributed by atoms with van der Waals surface area (Å²) in [5.74, 6) is -0.931. The molecule has 1 aromatic carbocycles. The summed E-state index contributed by atoms with van der Waals surface area (Å²) in [7, 11) is 0. The number of hydrogen-bond acceptors (Lipinski definition) is 4. The smallest absolute Gasteiger partial charge is 0.387 e. The maximum Gasteiger partial charge on any atom is 0.387 e. The van der Waals surface area contributed by atoms with Gasteiger partial charge in [-0.05, 0) is 28.9 Å². The second-order valence-electron chi connectivity index (χ2n) is 3.00. The van der Waals surface area contributed by atoms with Crippen LogP contribution < -0.4 is 4.74 Å². The molecule has 0 aliphatic heterocycles.